The van der Waals surface area contributed by atoms with Gasteiger partial charge in [-0.15, -0.1) is 0 Å². The predicted octanol–water partition coefficient (Wildman–Crippen LogP) is 5.75. The van der Waals surface area contributed by atoms with Crippen molar-refractivity contribution in [3.8, 4) is 0 Å². The van der Waals surface area contributed by atoms with Crippen LogP contribution in [-0.2, 0) is 40.0 Å². The number of allylic oxidation sites excluding steroid dienone is 4. The number of nitrogens with one attached hydrogen (secondary N) is 4. The van der Waals surface area contributed by atoms with Crippen molar-refractivity contribution in [2.24, 2.45) is 0 Å². The first-order valence-corrected chi connectivity index (χ1v) is 26.0. The lowest BCUT2D eigenvalue weighted by atomic mass is 9.90. The Morgan fingerprint density at radius 2 is 1.15 bits per heavy atom. The summed E-state index contributed by atoms with van der Waals surface area (Å²) in [5, 5.41) is 44.6. The molecule has 8 N–H and O–H groups in total. The number of Topliss-reactive ketones (excluding diaryl/α,β-unsaturated/α-hetero) is 1. The number of H-pyrrole nitrogens is 2. The minimum atomic E-state index is -1.20. The van der Waals surface area contributed by atoms with Gasteiger partial charge in [-0.2, -0.15) is 0 Å². The number of aryl methyl sites for hydroxylation is 2. The predicted molar refractivity (Wildman–Crippen MR) is 285 cm³/mol. The zero-order valence-electron chi connectivity index (χ0n) is 44.4. The van der Waals surface area contributed by atoms with Gasteiger partial charge in [-0.1, -0.05) is 41.5 Å². The van der Waals surface area contributed by atoms with Gasteiger partial charge in [0.2, 0.25) is 11.8 Å². The number of ketones is 1. The molecular formula is C54H74N10O11. The minimum Gasteiger partial charge on any atom is -0.481 e. The summed E-state index contributed by atoms with van der Waals surface area (Å²) >= 11 is 0. The van der Waals surface area contributed by atoms with E-state index >= 15 is 0 Å². The van der Waals surface area contributed by atoms with E-state index in [1.165, 1.54) is 14.7 Å². The van der Waals surface area contributed by atoms with Crippen LogP contribution in [-0.4, -0.2) is 174 Å². The lowest BCUT2D eigenvalue weighted by molar-refractivity contribution is -0.141. The number of aliphatic carboxylic acids is 4. The summed E-state index contributed by atoms with van der Waals surface area (Å²) in [6.07, 6.45) is 4.34. The van der Waals surface area contributed by atoms with Gasteiger partial charge >= 0.3 is 23.9 Å². The van der Waals surface area contributed by atoms with Crippen molar-refractivity contribution in [3.63, 3.8) is 0 Å². The molecule has 0 aromatic carbocycles. The summed E-state index contributed by atoms with van der Waals surface area (Å²) in [5.74, 6) is -5.11. The third-order valence-electron chi connectivity index (χ3n) is 13.5. The molecule has 3 aromatic rings. The molecule has 2 amide bonds. The first-order valence-electron chi connectivity index (χ1n) is 26.0. The first-order chi connectivity index (χ1) is 35.8. The fourth-order valence-corrected chi connectivity index (χ4v) is 9.83. The number of carbonyl (C=O) groups excluding carboxylic acids is 3. The Kier molecular flexibility index (Phi) is 21.9. The lowest BCUT2D eigenvalue weighted by Crippen LogP contribution is -2.47. The van der Waals surface area contributed by atoms with Crippen LogP contribution in [0.2, 0.25) is 0 Å². The number of rotatable bonds is 31. The molecule has 1 unspecified atom stereocenters. The average molecular weight is 1040 g/mol. The molecule has 0 saturated heterocycles. The summed E-state index contributed by atoms with van der Waals surface area (Å²) in [5.41, 5.74) is 10.7. The molecule has 8 bridgehead atoms. The number of hydrogen-bond donors (Lipinski definition) is 8. The monoisotopic (exact) mass is 1040 g/mol. The van der Waals surface area contributed by atoms with E-state index in [2.05, 4.69) is 41.4 Å². The molecule has 0 aliphatic carbocycles. The average Bonchev–Trinajstić information content (AvgIpc) is 4.11. The van der Waals surface area contributed by atoms with Crippen molar-refractivity contribution >= 4 is 85.8 Å². The van der Waals surface area contributed by atoms with Gasteiger partial charge < -0.3 is 41.0 Å². The van der Waals surface area contributed by atoms with E-state index in [1.807, 2.05) is 52.0 Å². The van der Waals surface area contributed by atoms with Gasteiger partial charge in [0.05, 0.1) is 50.0 Å². The summed E-state index contributed by atoms with van der Waals surface area (Å²) < 4.78 is 0. The van der Waals surface area contributed by atoms with Crippen LogP contribution in [0.5, 0.6) is 0 Å². The summed E-state index contributed by atoms with van der Waals surface area (Å²) in [4.78, 5) is 113. The molecule has 0 fully saturated rings. The van der Waals surface area contributed by atoms with Crippen LogP contribution >= 0.6 is 0 Å². The first kappa shape index (κ1) is 58.8. The lowest BCUT2D eigenvalue weighted by Gasteiger charge is -2.28. The number of carbonyl (C=O) groups is 7. The third kappa shape index (κ3) is 16.0. The number of aromatic amines is 2. The highest BCUT2D eigenvalue weighted by molar-refractivity contribution is 5.96. The molecule has 3 aromatic heterocycles. The topological polar surface area (TPSA) is 304 Å². The van der Waals surface area contributed by atoms with E-state index in [1.54, 1.807) is 0 Å². The largest absolute Gasteiger partial charge is 0.481 e. The zero-order valence-corrected chi connectivity index (χ0v) is 44.4. The molecule has 0 radical (unpaired) electrons. The summed E-state index contributed by atoms with van der Waals surface area (Å²) in [6.45, 7) is 12.5. The Morgan fingerprint density at radius 1 is 0.587 bits per heavy atom. The van der Waals surface area contributed by atoms with Crippen LogP contribution in [0.1, 0.15) is 139 Å². The summed E-state index contributed by atoms with van der Waals surface area (Å²) in [7, 11) is 0. The van der Waals surface area contributed by atoms with Gasteiger partial charge in [0.25, 0.3) is 0 Å². The van der Waals surface area contributed by atoms with Gasteiger partial charge in [-0.25, -0.2) is 15.0 Å². The Labute approximate surface area is 436 Å². The van der Waals surface area contributed by atoms with Gasteiger partial charge in [0, 0.05) is 90.9 Å². The Balaban J connectivity index is 1.33. The Morgan fingerprint density at radius 3 is 1.72 bits per heavy atom. The molecule has 0 spiro atoms. The van der Waals surface area contributed by atoms with E-state index in [-0.39, 0.29) is 76.9 Å². The second kappa shape index (κ2) is 28.0. The van der Waals surface area contributed by atoms with Crippen LogP contribution in [0.4, 0.5) is 0 Å². The van der Waals surface area contributed by atoms with E-state index in [4.69, 9.17) is 15.0 Å². The maximum atomic E-state index is 13.4. The smallest absolute Gasteiger partial charge is 0.317 e. The highest BCUT2D eigenvalue weighted by atomic mass is 16.4. The van der Waals surface area contributed by atoms with Crippen molar-refractivity contribution in [3.05, 3.63) is 64.0 Å². The third-order valence-corrected chi connectivity index (χ3v) is 13.5. The molecular weight excluding hydrogens is 965 g/mol. The molecule has 75 heavy (non-hydrogen) atoms. The SMILES string of the molecule is CCCC(=O)CN(CCN(CCN(CC(=O)O)CC(=O)NCCNC(=O)CCc1c(C)c2cc3nc(nc4nc(c(C(CC)C(=O)O)c5ccc(cc1[nH]2)[nH]5)C(CC)=C4CC)C(CC)=C3CC)CC(=O)O)CC(=O)O. The Bertz CT molecular complexity index is 2850. The number of nitrogens with zero attached hydrogens (tertiary/aromatic N) is 6. The van der Waals surface area contributed by atoms with Crippen LogP contribution < -0.4 is 10.6 Å². The Hall–Kier alpha value is -7.10. The molecule has 21 heteroatoms. The highest BCUT2D eigenvalue weighted by Crippen LogP contribution is 2.41. The van der Waals surface area contributed by atoms with Crippen molar-refractivity contribution in [1.29, 1.82) is 0 Å². The second-order valence-electron chi connectivity index (χ2n) is 18.8. The number of carboxylic acid groups (broad SMARTS) is 4. The van der Waals surface area contributed by atoms with Crippen LogP contribution in [0, 0.1) is 6.92 Å². The van der Waals surface area contributed by atoms with E-state index in [9.17, 15) is 54.0 Å². The molecule has 21 nitrogen and oxygen atoms in total. The van der Waals surface area contributed by atoms with Crippen molar-refractivity contribution in [2.75, 3.05) is 72.0 Å². The zero-order chi connectivity index (χ0) is 54.9. The van der Waals surface area contributed by atoms with Crippen LogP contribution in [0.3, 0.4) is 0 Å². The number of amides is 2. The molecule has 406 valence electrons. The maximum absolute atomic E-state index is 13.4. The maximum Gasteiger partial charge on any atom is 0.317 e. The fourth-order valence-electron chi connectivity index (χ4n) is 9.83. The molecule has 2 aliphatic rings. The standard InChI is InChI=1S/C54H74N10O11/c1-8-14-34(65)27-63(30-48(70)71)23-21-62(29-47(68)69)22-24-64(31-49(72)73)28-46(67)56-20-19-55-45(66)18-16-40-32(7)42-26-44-35(9-2)37(11-4)52(59-44)61-53-38(12-5)36(10-3)51(60-53)50(39(13-6)54(74)75)41-17-15-33(57-41)25-43(40)58-42/h15,17,25-26,39,57-58H,8-14,16,18-24,27-31H2,1-7H3,(H,55,66)(H,56,67)(H,68,69)(H,70,71)(H,72,73)(H,74,75). The number of fused-ring (bicyclic) bond motifs is 8. The van der Waals surface area contributed by atoms with Crippen LogP contribution in [0.15, 0.2) is 24.3 Å². The van der Waals surface area contributed by atoms with E-state index in [0.717, 1.165) is 50.1 Å². The van der Waals surface area contributed by atoms with Gasteiger partial charge in [-0.3, -0.25) is 48.3 Å². The van der Waals surface area contributed by atoms with E-state index in [0.29, 0.717) is 78.9 Å². The quantitative estimate of drug-likeness (QED) is 0.0356. The minimum absolute atomic E-state index is 0.00433. The molecule has 0 saturated carbocycles. The van der Waals surface area contributed by atoms with Crippen molar-refractivity contribution in [2.45, 2.75) is 112 Å². The second-order valence-corrected chi connectivity index (χ2v) is 18.8. The normalized spacial score (nSPS) is 13.0. The van der Waals surface area contributed by atoms with Gasteiger partial charge in [0.15, 0.2) is 11.6 Å². The summed E-state index contributed by atoms with van der Waals surface area (Å²) in [6, 6.07) is 7.76. The fraction of sp³-hybridized carbons (Fsp3) is 0.519. The number of aromatic nitrogens is 5. The molecule has 1 atom stereocenters. The van der Waals surface area contributed by atoms with E-state index < -0.39 is 55.3 Å². The number of hydrogen-bond acceptors (Lipinski definition) is 13. The van der Waals surface area contributed by atoms with Gasteiger partial charge in [0.1, 0.15) is 5.78 Å². The van der Waals surface area contributed by atoms with Crippen molar-refractivity contribution < 1.29 is 54.0 Å². The number of carboxylic acids is 4. The molecule has 5 heterocycles. The highest BCUT2D eigenvalue weighted by Gasteiger charge is 2.30. The molecule has 2 aliphatic heterocycles. The van der Waals surface area contributed by atoms with Crippen LogP contribution in [0.25, 0.3) is 44.4 Å². The molecule has 5 rings (SSSR count). The van der Waals surface area contributed by atoms with Gasteiger partial charge in [-0.05, 0) is 98.4 Å². The van der Waals surface area contributed by atoms with Crippen molar-refractivity contribution in [1.82, 2.24) is 50.3 Å².